The van der Waals surface area contributed by atoms with Gasteiger partial charge in [0.1, 0.15) is 10.7 Å². The molecule has 2 rings (SSSR count). The minimum atomic E-state index is -4.10. The van der Waals surface area contributed by atoms with Crippen molar-refractivity contribution >= 4 is 21.6 Å². The molecule has 1 saturated heterocycles. The number of amides is 1. The zero-order valence-corrected chi connectivity index (χ0v) is 11.5. The summed E-state index contributed by atoms with van der Waals surface area (Å²) < 4.78 is 40.9. The van der Waals surface area contributed by atoms with E-state index in [4.69, 9.17) is 9.88 Å². The minimum absolute atomic E-state index is 0.176. The highest BCUT2D eigenvalue weighted by atomic mass is 32.2. The molecule has 0 atom stereocenters. The number of anilines is 1. The van der Waals surface area contributed by atoms with E-state index in [1.807, 2.05) is 0 Å². The summed E-state index contributed by atoms with van der Waals surface area (Å²) in [5.74, 6) is -1.39. The zero-order valence-electron chi connectivity index (χ0n) is 10.6. The second-order valence-electron chi connectivity index (χ2n) is 4.57. The monoisotopic (exact) mass is 302 g/mol. The van der Waals surface area contributed by atoms with E-state index in [0.717, 1.165) is 12.1 Å². The van der Waals surface area contributed by atoms with Crippen LogP contribution in [0.25, 0.3) is 0 Å². The maximum absolute atomic E-state index is 13.6. The number of halogens is 1. The number of hydrogen-bond donors (Lipinski definition) is 2. The van der Waals surface area contributed by atoms with Crippen molar-refractivity contribution in [2.24, 2.45) is 11.1 Å². The lowest BCUT2D eigenvalue weighted by molar-refractivity contribution is -0.122. The van der Waals surface area contributed by atoms with E-state index in [9.17, 15) is 17.6 Å². The minimum Gasteiger partial charge on any atom is -0.381 e. The van der Waals surface area contributed by atoms with Gasteiger partial charge in [-0.05, 0) is 31.0 Å². The van der Waals surface area contributed by atoms with Crippen LogP contribution in [0.4, 0.5) is 10.1 Å². The molecule has 0 saturated carbocycles. The maximum atomic E-state index is 13.6. The number of sulfonamides is 1. The number of nitrogens with one attached hydrogen (secondary N) is 1. The lowest BCUT2D eigenvalue weighted by Gasteiger charge is -2.21. The second-order valence-corrected chi connectivity index (χ2v) is 6.10. The van der Waals surface area contributed by atoms with E-state index in [2.05, 4.69) is 5.32 Å². The molecule has 0 unspecified atom stereocenters. The standard InChI is InChI=1S/C12H15FN2O4S/c13-10-7-9(1-2-11(10)20(14,17)18)15-12(16)8-3-5-19-6-4-8/h1-2,7-8H,3-6H2,(H,15,16)(H2,14,17,18). The quantitative estimate of drug-likeness (QED) is 0.864. The van der Waals surface area contributed by atoms with Gasteiger partial charge in [0.25, 0.3) is 0 Å². The molecule has 1 amide bonds. The van der Waals surface area contributed by atoms with E-state index in [1.54, 1.807) is 0 Å². The van der Waals surface area contributed by atoms with Gasteiger partial charge in [-0.15, -0.1) is 0 Å². The smallest absolute Gasteiger partial charge is 0.240 e. The number of nitrogens with two attached hydrogens (primary N) is 1. The zero-order chi connectivity index (χ0) is 14.8. The van der Waals surface area contributed by atoms with Crippen LogP contribution in [0, 0.1) is 11.7 Å². The van der Waals surface area contributed by atoms with Crippen LogP contribution in [0.3, 0.4) is 0 Å². The van der Waals surface area contributed by atoms with Crippen molar-refractivity contribution in [2.45, 2.75) is 17.7 Å². The average Bonchev–Trinajstić information content (AvgIpc) is 2.38. The van der Waals surface area contributed by atoms with Gasteiger partial charge in [-0.3, -0.25) is 4.79 Å². The van der Waals surface area contributed by atoms with Crippen molar-refractivity contribution in [1.29, 1.82) is 0 Å². The average molecular weight is 302 g/mol. The number of carbonyl (C=O) groups excluding carboxylic acids is 1. The normalized spacial score (nSPS) is 16.9. The fourth-order valence-electron chi connectivity index (χ4n) is 2.01. The number of benzene rings is 1. The third-order valence-corrected chi connectivity index (χ3v) is 4.04. The van der Waals surface area contributed by atoms with Gasteiger partial charge in [0.15, 0.2) is 0 Å². The van der Waals surface area contributed by atoms with Gasteiger partial charge in [0, 0.05) is 24.8 Å². The van der Waals surface area contributed by atoms with Gasteiger partial charge in [-0.25, -0.2) is 17.9 Å². The Labute approximate surface area is 116 Å². The van der Waals surface area contributed by atoms with Crippen LogP contribution in [0.2, 0.25) is 0 Å². The molecule has 6 nitrogen and oxygen atoms in total. The number of ether oxygens (including phenoxy) is 1. The molecule has 110 valence electrons. The van der Waals surface area contributed by atoms with Crippen LogP contribution in [-0.4, -0.2) is 27.5 Å². The first-order valence-corrected chi connectivity index (χ1v) is 7.63. The third kappa shape index (κ3) is 3.53. The second kappa shape index (κ2) is 5.86. The fourth-order valence-corrected chi connectivity index (χ4v) is 2.60. The molecule has 8 heteroatoms. The lowest BCUT2D eigenvalue weighted by Crippen LogP contribution is -2.28. The first kappa shape index (κ1) is 14.9. The molecule has 20 heavy (non-hydrogen) atoms. The Morgan fingerprint density at radius 3 is 2.55 bits per heavy atom. The molecule has 0 aliphatic carbocycles. The van der Waals surface area contributed by atoms with Crippen molar-refractivity contribution in [3.63, 3.8) is 0 Å². The Bertz CT molecular complexity index is 612. The number of carbonyl (C=O) groups is 1. The first-order valence-electron chi connectivity index (χ1n) is 6.09. The van der Waals surface area contributed by atoms with Crippen LogP contribution in [0.15, 0.2) is 23.1 Å². The number of hydrogen-bond acceptors (Lipinski definition) is 4. The van der Waals surface area contributed by atoms with Crippen molar-refractivity contribution in [2.75, 3.05) is 18.5 Å². The number of primary sulfonamides is 1. The van der Waals surface area contributed by atoms with E-state index in [-0.39, 0.29) is 17.5 Å². The van der Waals surface area contributed by atoms with Gasteiger partial charge >= 0.3 is 0 Å². The van der Waals surface area contributed by atoms with E-state index in [1.165, 1.54) is 6.07 Å². The summed E-state index contributed by atoms with van der Waals surface area (Å²) in [6.07, 6.45) is 1.23. The highest BCUT2D eigenvalue weighted by molar-refractivity contribution is 7.89. The number of rotatable bonds is 3. The van der Waals surface area contributed by atoms with E-state index < -0.39 is 20.7 Å². The highest BCUT2D eigenvalue weighted by Crippen LogP contribution is 2.20. The Balaban J connectivity index is 2.10. The Hall–Kier alpha value is -1.51. The SMILES string of the molecule is NS(=O)(=O)c1ccc(NC(=O)C2CCOCC2)cc1F. The molecule has 1 aliphatic heterocycles. The van der Waals surface area contributed by atoms with Gasteiger partial charge in [-0.1, -0.05) is 0 Å². The molecule has 0 aromatic heterocycles. The topological polar surface area (TPSA) is 98.5 Å². The molecule has 1 fully saturated rings. The molecule has 1 aromatic carbocycles. The predicted molar refractivity (Wildman–Crippen MR) is 69.9 cm³/mol. The summed E-state index contributed by atoms with van der Waals surface area (Å²) in [6, 6.07) is 3.28. The van der Waals surface area contributed by atoms with Gasteiger partial charge in [0.05, 0.1) is 0 Å². The Morgan fingerprint density at radius 1 is 1.35 bits per heavy atom. The maximum Gasteiger partial charge on any atom is 0.240 e. The first-order chi connectivity index (χ1) is 9.38. The van der Waals surface area contributed by atoms with Crippen molar-refractivity contribution in [3.05, 3.63) is 24.0 Å². The summed E-state index contributed by atoms with van der Waals surface area (Å²) in [4.78, 5) is 11.3. The molecular formula is C12H15FN2O4S. The van der Waals surface area contributed by atoms with Gasteiger partial charge in [0.2, 0.25) is 15.9 Å². The van der Waals surface area contributed by atoms with Crippen LogP contribution in [0.1, 0.15) is 12.8 Å². The molecule has 1 aromatic rings. The molecule has 0 spiro atoms. The summed E-state index contributed by atoms with van der Waals surface area (Å²) in [6.45, 7) is 1.05. The summed E-state index contributed by atoms with van der Waals surface area (Å²) in [5.41, 5.74) is 0.200. The molecule has 3 N–H and O–H groups in total. The Kier molecular flexibility index (Phi) is 4.36. The largest absolute Gasteiger partial charge is 0.381 e. The van der Waals surface area contributed by atoms with E-state index >= 15 is 0 Å². The van der Waals surface area contributed by atoms with Crippen LogP contribution in [0.5, 0.6) is 0 Å². The van der Waals surface area contributed by atoms with Crippen molar-refractivity contribution in [1.82, 2.24) is 0 Å². The van der Waals surface area contributed by atoms with Crippen LogP contribution in [-0.2, 0) is 19.6 Å². The highest BCUT2D eigenvalue weighted by Gasteiger charge is 2.22. The molecule has 0 bridgehead atoms. The van der Waals surface area contributed by atoms with Crippen molar-refractivity contribution in [3.8, 4) is 0 Å². The van der Waals surface area contributed by atoms with Crippen LogP contribution >= 0.6 is 0 Å². The summed E-state index contributed by atoms with van der Waals surface area (Å²) in [5, 5.41) is 7.42. The lowest BCUT2D eigenvalue weighted by atomic mass is 9.99. The third-order valence-electron chi connectivity index (χ3n) is 3.10. The summed E-state index contributed by atoms with van der Waals surface area (Å²) >= 11 is 0. The van der Waals surface area contributed by atoms with Gasteiger partial charge < -0.3 is 10.1 Å². The summed E-state index contributed by atoms with van der Waals surface area (Å²) in [7, 11) is -4.10. The molecular weight excluding hydrogens is 287 g/mol. The Morgan fingerprint density at radius 2 is 2.00 bits per heavy atom. The van der Waals surface area contributed by atoms with Crippen molar-refractivity contribution < 1.29 is 22.3 Å². The molecule has 1 heterocycles. The van der Waals surface area contributed by atoms with Crippen LogP contribution < -0.4 is 10.5 Å². The molecule has 1 aliphatic rings. The predicted octanol–water partition coefficient (Wildman–Crippen LogP) is 0.838. The molecule has 0 radical (unpaired) electrons. The van der Waals surface area contributed by atoms with Gasteiger partial charge in [-0.2, -0.15) is 0 Å². The van der Waals surface area contributed by atoms with E-state index in [0.29, 0.717) is 26.1 Å². The fraction of sp³-hybridized carbons (Fsp3) is 0.417.